The molecule has 1 amide bonds. The van der Waals surface area contributed by atoms with E-state index in [1.807, 2.05) is 17.9 Å². The minimum Gasteiger partial charge on any atom is -0.393 e. The molecule has 1 aromatic rings. The van der Waals surface area contributed by atoms with Crippen LogP contribution in [0.5, 0.6) is 0 Å². The van der Waals surface area contributed by atoms with Crippen molar-refractivity contribution in [3.8, 4) is 0 Å². The standard InChI is InChI=1S/C13H19NO2S2/c1-10-7-14(5-4-12(10)15)13(16)9-17-8-11-3-2-6-18-11/h2-3,6,10,12,15H,4-5,7-9H2,1H3. The number of nitrogens with zero attached hydrogens (tertiary/aromatic N) is 1. The summed E-state index contributed by atoms with van der Waals surface area (Å²) in [5.41, 5.74) is 0. The summed E-state index contributed by atoms with van der Waals surface area (Å²) in [5.74, 6) is 1.86. The second-order valence-electron chi connectivity index (χ2n) is 4.75. The molecule has 2 heterocycles. The molecule has 5 heteroatoms. The lowest BCUT2D eigenvalue weighted by molar-refractivity contribution is -0.131. The average molecular weight is 285 g/mol. The molecule has 2 unspecified atom stereocenters. The topological polar surface area (TPSA) is 40.5 Å². The molecular formula is C13H19NO2S2. The van der Waals surface area contributed by atoms with Crippen LogP contribution in [-0.2, 0) is 10.5 Å². The highest BCUT2D eigenvalue weighted by Crippen LogP contribution is 2.20. The lowest BCUT2D eigenvalue weighted by Gasteiger charge is -2.34. The van der Waals surface area contributed by atoms with Gasteiger partial charge in [-0.3, -0.25) is 4.79 Å². The number of thioether (sulfide) groups is 1. The van der Waals surface area contributed by atoms with Crippen LogP contribution in [0.2, 0.25) is 0 Å². The number of carbonyl (C=O) groups is 1. The summed E-state index contributed by atoms with van der Waals surface area (Å²) in [4.78, 5) is 15.2. The van der Waals surface area contributed by atoms with Crippen LogP contribution < -0.4 is 0 Å². The molecule has 2 rings (SSSR count). The fourth-order valence-corrected chi connectivity index (χ4v) is 3.85. The summed E-state index contributed by atoms with van der Waals surface area (Å²) in [6.45, 7) is 3.40. The maximum atomic E-state index is 12.0. The van der Waals surface area contributed by atoms with Gasteiger partial charge in [0.2, 0.25) is 5.91 Å². The SMILES string of the molecule is CC1CN(C(=O)CSCc2cccs2)CCC1O. The Morgan fingerprint density at radius 3 is 3.17 bits per heavy atom. The number of rotatable bonds is 4. The Hall–Kier alpha value is -0.520. The smallest absolute Gasteiger partial charge is 0.232 e. The largest absolute Gasteiger partial charge is 0.393 e. The van der Waals surface area contributed by atoms with Gasteiger partial charge in [0.25, 0.3) is 0 Å². The lowest BCUT2D eigenvalue weighted by Crippen LogP contribution is -2.45. The summed E-state index contributed by atoms with van der Waals surface area (Å²) in [6, 6.07) is 4.14. The van der Waals surface area contributed by atoms with E-state index in [0.29, 0.717) is 25.3 Å². The van der Waals surface area contributed by atoms with Gasteiger partial charge in [0.05, 0.1) is 11.9 Å². The Bertz CT molecular complexity index is 380. The Morgan fingerprint density at radius 2 is 2.50 bits per heavy atom. The molecule has 1 aliphatic rings. The second kappa shape index (κ2) is 6.59. The normalized spacial score (nSPS) is 24.2. The molecule has 3 nitrogen and oxygen atoms in total. The molecule has 1 aliphatic heterocycles. The number of hydrogen-bond acceptors (Lipinski definition) is 4. The van der Waals surface area contributed by atoms with Crippen molar-refractivity contribution in [3.63, 3.8) is 0 Å². The number of carbonyl (C=O) groups excluding carboxylic acids is 1. The van der Waals surface area contributed by atoms with E-state index in [9.17, 15) is 9.90 Å². The van der Waals surface area contributed by atoms with Gasteiger partial charge in [0.15, 0.2) is 0 Å². The number of hydrogen-bond donors (Lipinski definition) is 1. The van der Waals surface area contributed by atoms with Gasteiger partial charge in [-0.2, -0.15) is 0 Å². The first-order valence-corrected chi connectivity index (χ1v) is 8.26. The number of aliphatic hydroxyl groups is 1. The van der Waals surface area contributed by atoms with Crippen LogP contribution in [0.4, 0.5) is 0 Å². The van der Waals surface area contributed by atoms with Gasteiger partial charge >= 0.3 is 0 Å². The van der Waals surface area contributed by atoms with E-state index in [-0.39, 0.29) is 17.9 Å². The minimum atomic E-state index is -0.243. The molecule has 1 fully saturated rings. The van der Waals surface area contributed by atoms with Gasteiger partial charge in [0, 0.05) is 23.7 Å². The molecule has 18 heavy (non-hydrogen) atoms. The van der Waals surface area contributed by atoms with Crippen molar-refractivity contribution in [3.05, 3.63) is 22.4 Å². The van der Waals surface area contributed by atoms with Gasteiger partial charge in [-0.05, 0) is 23.8 Å². The predicted molar refractivity (Wildman–Crippen MR) is 76.8 cm³/mol. The molecule has 2 atom stereocenters. The van der Waals surface area contributed by atoms with Crippen molar-refractivity contribution in [2.75, 3.05) is 18.8 Å². The van der Waals surface area contributed by atoms with Crippen LogP contribution >= 0.6 is 23.1 Å². The fraction of sp³-hybridized carbons (Fsp3) is 0.615. The third-order valence-electron chi connectivity index (χ3n) is 3.26. The minimum absolute atomic E-state index is 0.199. The third-order valence-corrected chi connectivity index (χ3v) is 5.29. The van der Waals surface area contributed by atoms with E-state index >= 15 is 0 Å². The molecule has 0 spiro atoms. The summed E-state index contributed by atoms with van der Waals surface area (Å²) in [7, 11) is 0. The molecular weight excluding hydrogens is 266 g/mol. The van der Waals surface area contributed by atoms with E-state index < -0.39 is 0 Å². The second-order valence-corrected chi connectivity index (χ2v) is 6.76. The third kappa shape index (κ3) is 3.73. The van der Waals surface area contributed by atoms with Crippen LogP contribution in [0, 0.1) is 5.92 Å². The van der Waals surface area contributed by atoms with Crippen molar-refractivity contribution < 1.29 is 9.90 Å². The highest BCUT2D eigenvalue weighted by atomic mass is 32.2. The maximum absolute atomic E-state index is 12.0. The first kappa shape index (κ1) is 13.9. The van der Waals surface area contributed by atoms with Crippen molar-refractivity contribution in [2.45, 2.75) is 25.2 Å². The van der Waals surface area contributed by atoms with E-state index in [1.165, 1.54) is 4.88 Å². The molecule has 0 radical (unpaired) electrons. The van der Waals surface area contributed by atoms with Crippen LogP contribution in [0.1, 0.15) is 18.2 Å². The van der Waals surface area contributed by atoms with Crippen LogP contribution in [0.25, 0.3) is 0 Å². The zero-order valence-corrected chi connectivity index (χ0v) is 12.2. The van der Waals surface area contributed by atoms with Gasteiger partial charge in [0.1, 0.15) is 0 Å². The van der Waals surface area contributed by atoms with Gasteiger partial charge in [-0.25, -0.2) is 0 Å². The Balaban J connectivity index is 1.71. The summed E-state index contributed by atoms with van der Waals surface area (Å²) < 4.78 is 0. The van der Waals surface area contributed by atoms with Crippen LogP contribution in [-0.4, -0.2) is 40.9 Å². The lowest BCUT2D eigenvalue weighted by atomic mass is 9.97. The van der Waals surface area contributed by atoms with E-state index in [1.54, 1.807) is 23.1 Å². The highest BCUT2D eigenvalue weighted by Gasteiger charge is 2.26. The van der Waals surface area contributed by atoms with Crippen molar-refractivity contribution in [2.24, 2.45) is 5.92 Å². The average Bonchev–Trinajstić information content (AvgIpc) is 2.85. The van der Waals surface area contributed by atoms with Crippen molar-refractivity contribution in [1.29, 1.82) is 0 Å². The molecule has 0 saturated carbocycles. The van der Waals surface area contributed by atoms with Gasteiger partial charge < -0.3 is 10.0 Å². The number of thiophene rings is 1. The first-order chi connectivity index (χ1) is 8.66. The Morgan fingerprint density at radius 1 is 1.67 bits per heavy atom. The summed E-state index contributed by atoms with van der Waals surface area (Å²) in [5, 5.41) is 11.7. The van der Waals surface area contributed by atoms with Gasteiger partial charge in [-0.1, -0.05) is 13.0 Å². The molecule has 0 bridgehead atoms. The molecule has 1 N–H and O–H groups in total. The number of likely N-dealkylation sites (tertiary alicyclic amines) is 1. The molecule has 0 aromatic carbocycles. The monoisotopic (exact) mass is 285 g/mol. The molecule has 100 valence electrons. The van der Waals surface area contributed by atoms with Gasteiger partial charge in [-0.15, -0.1) is 23.1 Å². The van der Waals surface area contributed by atoms with Crippen molar-refractivity contribution in [1.82, 2.24) is 4.90 Å². The zero-order chi connectivity index (χ0) is 13.0. The van der Waals surface area contributed by atoms with Crippen LogP contribution in [0.15, 0.2) is 17.5 Å². The number of amides is 1. The number of piperidine rings is 1. The maximum Gasteiger partial charge on any atom is 0.232 e. The molecule has 0 aliphatic carbocycles. The summed E-state index contributed by atoms with van der Waals surface area (Å²) in [6.07, 6.45) is 0.468. The van der Waals surface area contributed by atoms with Crippen LogP contribution in [0.3, 0.4) is 0 Å². The van der Waals surface area contributed by atoms with Crippen molar-refractivity contribution >= 4 is 29.0 Å². The number of aliphatic hydroxyl groups excluding tert-OH is 1. The molecule has 1 saturated heterocycles. The fourth-order valence-electron chi connectivity index (χ4n) is 2.08. The first-order valence-electron chi connectivity index (χ1n) is 6.23. The van der Waals surface area contributed by atoms with E-state index in [2.05, 4.69) is 11.4 Å². The summed E-state index contributed by atoms with van der Waals surface area (Å²) >= 11 is 3.40. The molecule has 1 aromatic heterocycles. The van der Waals surface area contributed by atoms with E-state index in [4.69, 9.17) is 0 Å². The Kier molecular flexibility index (Phi) is 5.09. The predicted octanol–water partition coefficient (Wildman–Crippen LogP) is 2.21. The zero-order valence-electron chi connectivity index (χ0n) is 10.5. The van der Waals surface area contributed by atoms with E-state index in [0.717, 1.165) is 5.75 Å². The highest BCUT2D eigenvalue weighted by molar-refractivity contribution is 7.99. The quantitative estimate of drug-likeness (QED) is 0.922. The Labute approximate surface area is 116 Å².